The molecular weight excluding hydrogens is 314 g/mol. The monoisotopic (exact) mass is 330 g/mol. The van der Waals surface area contributed by atoms with Crippen LogP contribution in [0.1, 0.15) is 28.8 Å². The molecule has 1 aliphatic heterocycles. The summed E-state index contributed by atoms with van der Waals surface area (Å²) in [4.78, 5) is 25.7. The minimum absolute atomic E-state index is 0.0956. The van der Waals surface area contributed by atoms with Crippen molar-refractivity contribution in [3.05, 3.63) is 65.2 Å². The summed E-state index contributed by atoms with van der Waals surface area (Å²) in [5, 5.41) is 2.25. The van der Waals surface area contributed by atoms with E-state index in [1.807, 2.05) is 6.07 Å². The maximum absolute atomic E-state index is 13.6. The maximum atomic E-state index is 13.6. The lowest BCUT2D eigenvalue weighted by molar-refractivity contribution is -0.128. The highest BCUT2D eigenvalue weighted by atomic mass is 19.1. The van der Waals surface area contributed by atoms with Crippen LogP contribution in [0.2, 0.25) is 0 Å². The Kier molecular flexibility index (Phi) is 4.55. The lowest BCUT2D eigenvalue weighted by Gasteiger charge is -2.16. The quantitative estimate of drug-likeness (QED) is 0.935. The largest absolute Gasteiger partial charge is 0.338 e. The van der Waals surface area contributed by atoms with Crippen LogP contribution in [0.4, 0.5) is 14.5 Å². The fourth-order valence-electron chi connectivity index (χ4n) is 2.71. The van der Waals surface area contributed by atoms with E-state index in [1.54, 1.807) is 23.1 Å². The fraction of sp³-hybridized carbons (Fsp3) is 0.222. The van der Waals surface area contributed by atoms with E-state index in [0.29, 0.717) is 19.5 Å². The smallest absolute Gasteiger partial charge is 0.255 e. The first-order chi connectivity index (χ1) is 11.5. The van der Waals surface area contributed by atoms with Crippen LogP contribution in [0.15, 0.2) is 42.5 Å². The predicted octanol–water partition coefficient (Wildman–Crippen LogP) is 3.34. The molecule has 0 unspecified atom stereocenters. The number of likely N-dealkylation sites (tertiary alicyclic amines) is 1. The van der Waals surface area contributed by atoms with Crippen LogP contribution >= 0.6 is 0 Å². The summed E-state index contributed by atoms with van der Waals surface area (Å²) >= 11 is 0. The minimum Gasteiger partial charge on any atom is -0.338 e. The first kappa shape index (κ1) is 16.1. The van der Waals surface area contributed by atoms with Gasteiger partial charge in [-0.3, -0.25) is 9.59 Å². The number of benzene rings is 2. The van der Waals surface area contributed by atoms with E-state index in [4.69, 9.17) is 0 Å². The van der Waals surface area contributed by atoms with Gasteiger partial charge in [0.1, 0.15) is 17.3 Å². The van der Waals surface area contributed by atoms with Gasteiger partial charge in [-0.05, 0) is 36.2 Å². The van der Waals surface area contributed by atoms with Gasteiger partial charge in [-0.2, -0.15) is 0 Å². The molecule has 0 spiro atoms. The number of nitrogens with zero attached hydrogens (tertiary/aromatic N) is 1. The van der Waals surface area contributed by atoms with E-state index in [-0.39, 0.29) is 11.5 Å². The lowest BCUT2D eigenvalue weighted by Crippen LogP contribution is -2.24. The number of hydrogen-bond donors (Lipinski definition) is 1. The molecule has 1 fully saturated rings. The van der Waals surface area contributed by atoms with Crippen molar-refractivity contribution in [2.75, 3.05) is 11.9 Å². The van der Waals surface area contributed by atoms with E-state index in [1.165, 1.54) is 6.07 Å². The summed E-state index contributed by atoms with van der Waals surface area (Å²) in [6.07, 6.45) is 1.39. The van der Waals surface area contributed by atoms with E-state index in [2.05, 4.69) is 5.32 Å². The lowest BCUT2D eigenvalue weighted by atomic mass is 10.1. The van der Waals surface area contributed by atoms with Gasteiger partial charge in [0.05, 0.1) is 0 Å². The first-order valence-electron chi connectivity index (χ1n) is 7.66. The number of carbonyl (C=O) groups excluding carboxylic acids is 2. The third-order valence-corrected chi connectivity index (χ3v) is 3.94. The van der Waals surface area contributed by atoms with E-state index in [9.17, 15) is 18.4 Å². The summed E-state index contributed by atoms with van der Waals surface area (Å²) in [6.45, 7) is 1.13. The second kappa shape index (κ2) is 6.78. The van der Waals surface area contributed by atoms with Crippen molar-refractivity contribution in [2.24, 2.45) is 0 Å². The Balaban J connectivity index is 1.76. The van der Waals surface area contributed by atoms with Crippen molar-refractivity contribution in [3.63, 3.8) is 0 Å². The molecule has 1 N–H and O–H groups in total. The number of rotatable bonds is 4. The van der Waals surface area contributed by atoms with Crippen molar-refractivity contribution >= 4 is 17.5 Å². The molecule has 6 heteroatoms. The Morgan fingerprint density at radius 3 is 2.50 bits per heavy atom. The molecule has 2 aromatic rings. The van der Waals surface area contributed by atoms with Gasteiger partial charge in [0.2, 0.25) is 5.91 Å². The van der Waals surface area contributed by atoms with Gasteiger partial charge in [-0.25, -0.2) is 8.78 Å². The predicted molar refractivity (Wildman–Crippen MR) is 85.4 cm³/mol. The number of nitrogens with one attached hydrogen (secondary N) is 1. The summed E-state index contributed by atoms with van der Waals surface area (Å²) < 4.78 is 27.2. The summed E-state index contributed by atoms with van der Waals surface area (Å²) in [5.74, 6) is -2.17. The molecule has 0 bridgehead atoms. The number of amides is 2. The average Bonchev–Trinajstić information content (AvgIpc) is 2.96. The van der Waals surface area contributed by atoms with Crippen LogP contribution in [-0.2, 0) is 11.3 Å². The molecule has 1 heterocycles. The van der Waals surface area contributed by atoms with Crippen LogP contribution in [0.5, 0.6) is 0 Å². The van der Waals surface area contributed by atoms with Gasteiger partial charge in [-0.1, -0.05) is 18.2 Å². The molecule has 2 amide bonds. The summed E-state index contributed by atoms with van der Waals surface area (Å²) in [6, 6.07) is 10.1. The van der Waals surface area contributed by atoms with E-state index >= 15 is 0 Å². The molecule has 0 aliphatic carbocycles. The Morgan fingerprint density at radius 1 is 1.12 bits per heavy atom. The molecule has 4 nitrogen and oxygen atoms in total. The van der Waals surface area contributed by atoms with E-state index < -0.39 is 23.2 Å². The van der Waals surface area contributed by atoms with Crippen LogP contribution < -0.4 is 5.32 Å². The zero-order valence-electron chi connectivity index (χ0n) is 12.9. The van der Waals surface area contributed by atoms with Crippen molar-refractivity contribution in [3.8, 4) is 0 Å². The normalized spacial score (nSPS) is 14.1. The topological polar surface area (TPSA) is 49.4 Å². The molecular formula is C18H16F2N2O2. The number of anilines is 1. The third-order valence-electron chi connectivity index (χ3n) is 3.94. The highest BCUT2D eigenvalue weighted by Crippen LogP contribution is 2.20. The molecule has 2 aromatic carbocycles. The molecule has 1 aliphatic rings. The Hall–Kier alpha value is -2.76. The molecule has 0 atom stereocenters. The Morgan fingerprint density at radius 2 is 1.83 bits per heavy atom. The molecule has 124 valence electrons. The minimum atomic E-state index is -0.831. The van der Waals surface area contributed by atoms with Crippen LogP contribution in [0, 0.1) is 11.6 Å². The molecule has 0 aromatic heterocycles. The number of halogens is 2. The number of carbonyl (C=O) groups is 2. The first-order valence-corrected chi connectivity index (χ1v) is 7.66. The second-order valence-electron chi connectivity index (χ2n) is 5.67. The molecule has 0 radical (unpaired) electrons. The number of hydrogen-bond acceptors (Lipinski definition) is 2. The zero-order valence-corrected chi connectivity index (χ0v) is 12.9. The van der Waals surface area contributed by atoms with Gasteiger partial charge in [0.25, 0.3) is 5.91 Å². The van der Waals surface area contributed by atoms with Crippen molar-refractivity contribution in [2.45, 2.75) is 19.4 Å². The highest BCUT2D eigenvalue weighted by Gasteiger charge is 2.20. The molecule has 3 rings (SSSR count). The Bertz CT molecular complexity index is 772. The van der Waals surface area contributed by atoms with E-state index in [0.717, 1.165) is 24.1 Å². The standard InChI is InChI=1S/C18H16F2N2O2/c19-14-6-2-7-15(20)17(14)21-18(24)13-5-1-4-12(10-13)11-22-9-3-8-16(22)23/h1-2,4-7,10H,3,8-9,11H2,(H,21,24). The molecule has 1 saturated heterocycles. The molecule has 24 heavy (non-hydrogen) atoms. The fourth-order valence-corrected chi connectivity index (χ4v) is 2.71. The maximum Gasteiger partial charge on any atom is 0.255 e. The van der Waals surface area contributed by atoms with Gasteiger partial charge in [0, 0.05) is 25.1 Å². The van der Waals surface area contributed by atoms with Gasteiger partial charge < -0.3 is 10.2 Å². The van der Waals surface area contributed by atoms with Gasteiger partial charge in [-0.15, -0.1) is 0 Å². The summed E-state index contributed by atoms with van der Waals surface area (Å²) in [5.41, 5.74) is 0.608. The van der Waals surface area contributed by atoms with Crippen LogP contribution in [0.3, 0.4) is 0 Å². The van der Waals surface area contributed by atoms with Crippen molar-refractivity contribution in [1.29, 1.82) is 0 Å². The Labute approximate surface area is 138 Å². The average molecular weight is 330 g/mol. The van der Waals surface area contributed by atoms with Crippen LogP contribution in [0.25, 0.3) is 0 Å². The van der Waals surface area contributed by atoms with Crippen molar-refractivity contribution in [1.82, 2.24) is 4.90 Å². The SMILES string of the molecule is O=C(Nc1c(F)cccc1F)c1cccc(CN2CCCC2=O)c1. The summed E-state index contributed by atoms with van der Waals surface area (Å²) in [7, 11) is 0. The number of para-hydroxylation sites is 1. The van der Waals surface area contributed by atoms with Crippen LogP contribution in [-0.4, -0.2) is 23.3 Å². The second-order valence-corrected chi connectivity index (χ2v) is 5.67. The van der Waals surface area contributed by atoms with Gasteiger partial charge >= 0.3 is 0 Å². The third kappa shape index (κ3) is 3.42. The molecule has 0 saturated carbocycles. The zero-order chi connectivity index (χ0) is 17.1. The van der Waals surface area contributed by atoms with Crippen molar-refractivity contribution < 1.29 is 18.4 Å². The van der Waals surface area contributed by atoms with Gasteiger partial charge in [0.15, 0.2) is 0 Å². The highest BCUT2D eigenvalue weighted by molar-refractivity contribution is 6.04.